The minimum absolute atomic E-state index is 0.130. The summed E-state index contributed by atoms with van der Waals surface area (Å²) >= 11 is 5.92. The van der Waals surface area contributed by atoms with Gasteiger partial charge in [0.25, 0.3) is 0 Å². The number of anilines is 2. The minimum atomic E-state index is -4.55. The summed E-state index contributed by atoms with van der Waals surface area (Å²) in [6.07, 6.45) is -1.97. The van der Waals surface area contributed by atoms with Gasteiger partial charge in [0.1, 0.15) is 11.6 Å². The second-order valence-corrected chi connectivity index (χ2v) is 6.44. The molecule has 0 aliphatic carbocycles. The number of rotatable bonds is 3. The van der Waals surface area contributed by atoms with Crippen molar-refractivity contribution in [3.63, 3.8) is 0 Å². The Kier molecular flexibility index (Phi) is 4.46. The van der Waals surface area contributed by atoms with Gasteiger partial charge in [0.05, 0.1) is 0 Å². The Morgan fingerprint density at radius 1 is 1.11 bits per heavy atom. The lowest BCUT2D eigenvalue weighted by Gasteiger charge is -2.33. The molecule has 0 amide bonds. The molecule has 4 rings (SSSR count). The number of nitrogens with zero attached hydrogens (tertiary/aromatic N) is 7. The van der Waals surface area contributed by atoms with Gasteiger partial charge >= 0.3 is 6.18 Å². The van der Waals surface area contributed by atoms with Gasteiger partial charge in [-0.1, -0.05) is 0 Å². The first kappa shape index (κ1) is 17.7. The molecule has 0 bridgehead atoms. The van der Waals surface area contributed by atoms with Crippen molar-refractivity contribution in [3.05, 3.63) is 35.5 Å². The topological polar surface area (TPSA) is 84.1 Å². The molecule has 142 valence electrons. The third-order valence-electron chi connectivity index (χ3n) is 4.29. The fourth-order valence-electron chi connectivity index (χ4n) is 2.96. The largest absolute Gasteiger partial charge is 0.451 e. The van der Waals surface area contributed by atoms with Crippen LogP contribution in [0.4, 0.5) is 24.8 Å². The molecular weight excluding hydrogens is 385 g/mol. The average Bonchev–Trinajstić information content (AvgIpc) is 3.02. The van der Waals surface area contributed by atoms with Crippen molar-refractivity contribution >= 4 is 28.9 Å². The number of hydrogen-bond acceptors (Lipinski definition) is 7. The highest BCUT2D eigenvalue weighted by atomic mass is 35.5. The maximum atomic E-state index is 12.8. The van der Waals surface area contributed by atoms with Crippen molar-refractivity contribution in [1.29, 1.82) is 0 Å². The number of aromatic nitrogens is 6. The van der Waals surface area contributed by atoms with Crippen LogP contribution >= 0.6 is 11.6 Å². The average molecular weight is 399 g/mol. The first-order valence-electron chi connectivity index (χ1n) is 8.20. The van der Waals surface area contributed by atoms with E-state index in [4.69, 9.17) is 11.6 Å². The zero-order valence-electron chi connectivity index (χ0n) is 13.9. The Labute approximate surface area is 156 Å². The van der Waals surface area contributed by atoms with Crippen molar-refractivity contribution in [2.75, 3.05) is 23.3 Å². The van der Waals surface area contributed by atoms with E-state index in [9.17, 15) is 13.2 Å². The van der Waals surface area contributed by atoms with Gasteiger partial charge in [-0.15, -0.1) is 15.3 Å². The van der Waals surface area contributed by atoms with Gasteiger partial charge in [-0.2, -0.15) is 17.7 Å². The summed E-state index contributed by atoms with van der Waals surface area (Å²) in [6.45, 7) is 1.14. The van der Waals surface area contributed by atoms with Crippen LogP contribution in [0.25, 0.3) is 5.65 Å². The van der Waals surface area contributed by atoms with Crippen LogP contribution in [0.3, 0.4) is 0 Å². The Morgan fingerprint density at radius 3 is 2.63 bits per heavy atom. The zero-order valence-corrected chi connectivity index (χ0v) is 14.6. The Morgan fingerprint density at radius 2 is 1.89 bits per heavy atom. The maximum absolute atomic E-state index is 12.8. The highest BCUT2D eigenvalue weighted by molar-refractivity contribution is 6.28. The SMILES string of the molecule is FC(F)(F)c1nccc(N2CCC(Nc3ccc4nnc(Cl)n4n3)CC2)n1. The van der Waals surface area contributed by atoms with Crippen molar-refractivity contribution in [3.8, 4) is 0 Å². The van der Waals surface area contributed by atoms with Crippen LogP contribution in [0.1, 0.15) is 18.7 Å². The molecule has 1 fully saturated rings. The molecule has 0 spiro atoms. The normalized spacial score (nSPS) is 16.1. The van der Waals surface area contributed by atoms with Crippen LogP contribution < -0.4 is 10.2 Å². The van der Waals surface area contributed by atoms with Crippen LogP contribution in [0.15, 0.2) is 24.4 Å². The van der Waals surface area contributed by atoms with Crippen LogP contribution in [-0.4, -0.2) is 48.9 Å². The lowest BCUT2D eigenvalue weighted by Crippen LogP contribution is -2.40. The molecule has 3 aromatic rings. The van der Waals surface area contributed by atoms with Crippen LogP contribution in [0.5, 0.6) is 0 Å². The smallest absolute Gasteiger partial charge is 0.366 e. The molecule has 12 heteroatoms. The summed E-state index contributed by atoms with van der Waals surface area (Å²) in [5, 5.41) is 15.4. The molecule has 4 heterocycles. The predicted molar refractivity (Wildman–Crippen MR) is 91.7 cm³/mol. The van der Waals surface area contributed by atoms with Crippen molar-refractivity contribution in [2.24, 2.45) is 0 Å². The first-order valence-corrected chi connectivity index (χ1v) is 8.57. The molecule has 1 saturated heterocycles. The molecule has 0 radical (unpaired) electrons. The lowest BCUT2D eigenvalue weighted by molar-refractivity contribution is -0.144. The maximum Gasteiger partial charge on any atom is 0.451 e. The molecule has 1 aliphatic rings. The number of halogens is 4. The second-order valence-electron chi connectivity index (χ2n) is 6.10. The molecule has 0 atom stereocenters. The summed E-state index contributed by atoms with van der Waals surface area (Å²) < 4.78 is 39.8. The molecule has 0 unspecified atom stereocenters. The number of nitrogens with one attached hydrogen (secondary N) is 1. The molecular formula is C15H14ClF3N8. The monoisotopic (exact) mass is 398 g/mol. The van der Waals surface area contributed by atoms with E-state index in [0.717, 1.165) is 19.0 Å². The van der Waals surface area contributed by atoms with Crippen LogP contribution in [0.2, 0.25) is 5.28 Å². The van der Waals surface area contributed by atoms with E-state index in [0.29, 0.717) is 24.6 Å². The Hall–Kier alpha value is -2.69. The van der Waals surface area contributed by atoms with Crippen LogP contribution in [0, 0.1) is 0 Å². The summed E-state index contributed by atoms with van der Waals surface area (Å²) in [7, 11) is 0. The third kappa shape index (κ3) is 3.72. The van der Waals surface area contributed by atoms with Crippen LogP contribution in [-0.2, 0) is 6.18 Å². The van der Waals surface area contributed by atoms with Gasteiger partial charge in [0.15, 0.2) is 5.65 Å². The third-order valence-corrected chi connectivity index (χ3v) is 4.53. The Bertz CT molecular complexity index is 952. The van der Waals surface area contributed by atoms with Crippen molar-refractivity contribution in [2.45, 2.75) is 25.1 Å². The molecule has 27 heavy (non-hydrogen) atoms. The van der Waals surface area contributed by atoms with Gasteiger partial charge < -0.3 is 10.2 Å². The lowest BCUT2D eigenvalue weighted by atomic mass is 10.1. The number of piperidine rings is 1. The van der Waals surface area contributed by atoms with E-state index >= 15 is 0 Å². The van der Waals surface area contributed by atoms with Gasteiger partial charge in [-0.3, -0.25) is 0 Å². The van der Waals surface area contributed by atoms with E-state index in [1.165, 1.54) is 10.6 Å². The summed E-state index contributed by atoms with van der Waals surface area (Å²) in [5.74, 6) is -0.209. The summed E-state index contributed by atoms with van der Waals surface area (Å²) in [6, 6.07) is 5.16. The first-order chi connectivity index (χ1) is 12.9. The minimum Gasteiger partial charge on any atom is -0.366 e. The molecule has 0 aromatic carbocycles. The number of alkyl halides is 3. The Balaban J connectivity index is 1.40. The van der Waals surface area contributed by atoms with E-state index in [1.807, 2.05) is 4.90 Å². The highest BCUT2D eigenvalue weighted by Gasteiger charge is 2.35. The van der Waals surface area contributed by atoms with E-state index in [2.05, 4.69) is 30.6 Å². The van der Waals surface area contributed by atoms with Crippen molar-refractivity contribution < 1.29 is 13.2 Å². The highest BCUT2D eigenvalue weighted by Crippen LogP contribution is 2.28. The predicted octanol–water partition coefficient (Wildman–Crippen LogP) is 2.67. The fraction of sp³-hybridized carbons (Fsp3) is 0.400. The summed E-state index contributed by atoms with van der Waals surface area (Å²) in [5.41, 5.74) is 0.546. The van der Waals surface area contributed by atoms with Gasteiger partial charge in [0.2, 0.25) is 11.1 Å². The summed E-state index contributed by atoms with van der Waals surface area (Å²) in [4.78, 5) is 8.76. The van der Waals surface area contributed by atoms with Crippen molar-refractivity contribution in [1.82, 2.24) is 29.8 Å². The second kappa shape index (κ2) is 6.80. The quantitative estimate of drug-likeness (QED) is 0.726. The molecule has 0 saturated carbocycles. The fourth-order valence-corrected chi connectivity index (χ4v) is 3.13. The molecule has 1 N–H and O–H groups in total. The van der Waals surface area contributed by atoms with Gasteiger partial charge in [-0.25, -0.2) is 9.97 Å². The molecule has 3 aromatic heterocycles. The standard InChI is InChI=1S/C15H14ClF3N8/c16-14-24-23-12-2-1-10(25-27(12)14)21-9-4-7-26(8-5-9)11-3-6-20-13(22-11)15(17,18)19/h1-3,6,9H,4-5,7-8H2,(H,21,25). The molecule has 1 aliphatic heterocycles. The molecule has 8 nitrogen and oxygen atoms in total. The van der Waals surface area contributed by atoms with Gasteiger partial charge in [0, 0.05) is 25.3 Å². The van der Waals surface area contributed by atoms with E-state index in [1.54, 1.807) is 12.1 Å². The van der Waals surface area contributed by atoms with E-state index < -0.39 is 12.0 Å². The number of hydrogen-bond donors (Lipinski definition) is 1. The zero-order chi connectivity index (χ0) is 19.0. The van der Waals surface area contributed by atoms with Gasteiger partial charge in [-0.05, 0) is 42.6 Å². The number of fused-ring (bicyclic) bond motifs is 1. The van der Waals surface area contributed by atoms with E-state index in [-0.39, 0.29) is 17.1 Å².